The van der Waals surface area contributed by atoms with Crippen molar-refractivity contribution in [3.05, 3.63) is 36.5 Å². The van der Waals surface area contributed by atoms with Crippen molar-refractivity contribution in [2.45, 2.75) is 245 Å². The summed E-state index contributed by atoms with van der Waals surface area (Å²) >= 11 is 0. The van der Waals surface area contributed by atoms with Gasteiger partial charge in [-0.1, -0.05) is 205 Å². The first-order chi connectivity index (χ1) is 27.0. The fraction of sp³-hybridized carbons (Fsp3) is 0.816. The van der Waals surface area contributed by atoms with Gasteiger partial charge in [0.05, 0.1) is 0 Å². The van der Waals surface area contributed by atoms with Crippen LogP contribution in [-0.4, -0.2) is 37.2 Å². The normalized spacial score (nSPS) is 12.3. The number of hydrogen-bond donors (Lipinski definition) is 0. The van der Waals surface area contributed by atoms with Crippen LogP contribution in [0.4, 0.5) is 0 Å². The zero-order valence-corrected chi connectivity index (χ0v) is 36.4. The molecule has 0 spiro atoms. The van der Waals surface area contributed by atoms with Crippen LogP contribution in [-0.2, 0) is 28.6 Å². The van der Waals surface area contributed by atoms with E-state index >= 15 is 0 Å². The highest BCUT2D eigenvalue weighted by molar-refractivity contribution is 5.71. The molecule has 1 atom stereocenters. The Morgan fingerprint density at radius 3 is 1.11 bits per heavy atom. The molecule has 0 saturated heterocycles. The number of allylic oxidation sites excluding steroid dienone is 6. The standard InChI is InChI=1S/C49H88O6/c1-4-7-10-13-16-19-22-24-25-28-30-33-36-39-42-48(51)54-45-46(44-53-47(50)41-38-35-32-29-26-21-18-15-12-9-6-3)55-49(52)43-40-37-34-31-27-23-20-17-14-11-8-5-2/h7,10,16,19,24-25,46H,4-6,8-9,11-15,17-18,20-23,26-45H2,1-3H3/b10-7-,19-16-,25-24-. The summed E-state index contributed by atoms with van der Waals surface area (Å²) in [7, 11) is 0. The lowest BCUT2D eigenvalue weighted by Crippen LogP contribution is -2.30. The molecule has 55 heavy (non-hydrogen) atoms. The molecule has 0 aliphatic carbocycles. The average molecular weight is 773 g/mol. The van der Waals surface area contributed by atoms with Crippen molar-refractivity contribution in [1.29, 1.82) is 0 Å². The number of carbonyl (C=O) groups is 3. The monoisotopic (exact) mass is 773 g/mol. The van der Waals surface area contributed by atoms with Crippen molar-refractivity contribution in [2.75, 3.05) is 13.2 Å². The van der Waals surface area contributed by atoms with Crippen LogP contribution in [0.5, 0.6) is 0 Å². The molecule has 0 aromatic rings. The van der Waals surface area contributed by atoms with Crippen LogP contribution in [0.25, 0.3) is 0 Å². The van der Waals surface area contributed by atoms with E-state index in [0.29, 0.717) is 19.3 Å². The van der Waals surface area contributed by atoms with Crippen molar-refractivity contribution in [3.8, 4) is 0 Å². The lowest BCUT2D eigenvalue weighted by Gasteiger charge is -2.18. The summed E-state index contributed by atoms with van der Waals surface area (Å²) in [4.78, 5) is 37.7. The van der Waals surface area contributed by atoms with Gasteiger partial charge in [-0.3, -0.25) is 14.4 Å². The van der Waals surface area contributed by atoms with E-state index in [1.165, 1.54) is 109 Å². The second-order valence-corrected chi connectivity index (χ2v) is 15.6. The second kappa shape index (κ2) is 44.3. The lowest BCUT2D eigenvalue weighted by molar-refractivity contribution is -0.167. The number of esters is 3. The summed E-state index contributed by atoms with van der Waals surface area (Å²) in [5.74, 6) is -0.895. The Bertz CT molecular complexity index is 938. The Kier molecular flexibility index (Phi) is 42.4. The molecule has 320 valence electrons. The smallest absolute Gasteiger partial charge is 0.306 e. The van der Waals surface area contributed by atoms with E-state index in [1.807, 2.05) is 0 Å². The summed E-state index contributed by atoms with van der Waals surface area (Å²) < 4.78 is 16.7. The molecule has 0 aromatic carbocycles. The molecule has 0 aliphatic rings. The van der Waals surface area contributed by atoms with Crippen LogP contribution in [0.15, 0.2) is 36.5 Å². The van der Waals surface area contributed by atoms with Gasteiger partial charge in [0, 0.05) is 19.3 Å². The molecule has 0 aliphatic heterocycles. The van der Waals surface area contributed by atoms with Gasteiger partial charge in [-0.2, -0.15) is 0 Å². The highest BCUT2D eigenvalue weighted by Crippen LogP contribution is 2.15. The van der Waals surface area contributed by atoms with E-state index in [2.05, 4.69) is 57.2 Å². The van der Waals surface area contributed by atoms with Gasteiger partial charge in [-0.05, 0) is 51.4 Å². The Labute approximate surface area is 340 Å². The molecule has 0 rings (SSSR count). The minimum atomic E-state index is -0.774. The predicted octanol–water partition coefficient (Wildman–Crippen LogP) is 15.0. The van der Waals surface area contributed by atoms with E-state index < -0.39 is 6.10 Å². The average Bonchev–Trinajstić information content (AvgIpc) is 3.18. The molecular formula is C49H88O6. The van der Waals surface area contributed by atoms with Crippen LogP contribution >= 0.6 is 0 Å². The molecule has 0 radical (unpaired) electrons. The maximum absolute atomic E-state index is 12.7. The van der Waals surface area contributed by atoms with Crippen LogP contribution in [0.3, 0.4) is 0 Å². The van der Waals surface area contributed by atoms with Gasteiger partial charge in [0.1, 0.15) is 13.2 Å². The molecule has 1 unspecified atom stereocenters. The maximum Gasteiger partial charge on any atom is 0.306 e. The number of hydrogen-bond acceptors (Lipinski definition) is 6. The molecule has 0 amide bonds. The summed E-state index contributed by atoms with van der Waals surface area (Å²) in [6, 6.07) is 0. The minimum absolute atomic E-state index is 0.0758. The number of rotatable bonds is 42. The van der Waals surface area contributed by atoms with Gasteiger partial charge in [0.15, 0.2) is 6.10 Å². The lowest BCUT2D eigenvalue weighted by atomic mass is 10.0. The maximum atomic E-state index is 12.7. The zero-order chi connectivity index (χ0) is 40.1. The third kappa shape index (κ3) is 42.6. The summed E-state index contributed by atoms with van der Waals surface area (Å²) in [5, 5.41) is 0. The van der Waals surface area contributed by atoms with Gasteiger partial charge >= 0.3 is 17.9 Å². The van der Waals surface area contributed by atoms with E-state index in [0.717, 1.165) is 89.9 Å². The Balaban J connectivity index is 4.39. The first-order valence-corrected chi connectivity index (χ1v) is 23.5. The second-order valence-electron chi connectivity index (χ2n) is 15.6. The largest absolute Gasteiger partial charge is 0.462 e. The van der Waals surface area contributed by atoms with Crippen molar-refractivity contribution in [1.82, 2.24) is 0 Å². The third-order valence-electron chi connectivity index (χ3n) is 10.2. The zero-order valence-electron chi connectivity index (χ0n) is 36.4. The molecule has 6 heteroatoms. The third-order valence-corrected chi connectivity index (χ3v) is 10.2. The van der Waals surface area contributed by atoms with Crippen LogP contribution in [0.1, 0.15) is 239 Å². The van der Waals surface area contributed by atoms with Gasteiger partial charge in [0.25, 0.3) is 0 Å². The molecular weight excluding hydrogens is 685 g/mol. The first kappa shape index (κ1) is 52.6. The molecule has 0 heterocycles. The number of carbonyl (C=O) groups excluding carboxylic acids is 3. The van der Waals surface area contributed by atoms with Crippen molar-refractivity contribution in [2.24, 2.45) is 0 Å². The van der Waals surface area contributed by atoms with Crippen molar-refractivity contribution in [3.63, 3.8) is 0 Å². The number of ether oxygens (including phenoxy) is 3. The minimum Gasteiger partial charge on any atom is -0.462 e. The van der Waals surface area contributed by atoms with E-state index in [4.69, 9.17) is 14.2 Å². The van der Waals surface area contributed by atoms with Gasteiger partial charge < -0.3 is 14.2 Å². The van der Waals surface area contributed by atoms with Crippen molar-refractivity contribution < 1.29 is 28.6 Å². The van der Waals surface area contributed by atoms with Crippen LogP contribution in [0, 0.1) is 0 Å². The Hall–Kier alpha value is -2.37. The summed E-state index contributed by atoms with van der Waals surface area (Å²) in [5.41, 5.74) is 0. The summed E-state index contributed by atoms with van der Waals surface area (Å²) in [6.45, 7) is 6.50. The van der Waals surface area contributed by atoms with E-state index in [-0.39, 0.29) is 31.1 Å². The molecule has 6 nitrogen and oxygen atoms in total. The van der Waals surface area contributed by atoms with Crippen LogP contribution < -0.4 is 0 Å². The fourth-order valence-electron chi connectivity index (χ4n) is 6.63. The first-order valence-electron chi connectivity index (χ1n) is 23.5. The Morgan fingerprint density at radius 2 is 0.709 bits per heavy atom. The van der Waals surface area contributed by atoms with Gasteiger partial charge in [0.2, 0.25) is 0 Å². The topological polar surface area (TPSA) is 78.9 Å². The van der Waals surface area contributed by atoms with E-state index in [9.17, 15) is 14.4 Å². The molecule has 0 saturated carbocycles. The van der Waals surface area contributed by atoms with Gasteiger partial charge in [-0.25, -0.2) is 0 Å². The van der Waals surface area contributed by atoms with Crippen LogP contribution in [0.2, 0.25) is 0 Å². The highest BCUT2D eigenvalue weighted by atomic mass is 16.6. The number of unbranched alkanes of at least 4 members (excludes halogenated alkanes) is 25. The van der Waals surface area contributed by atoms with Crippen molar-refractivity contribution >= 4 is 17.9 Å². The molecule has 0 fully saturated rings. The molecule has 0 bridgehead atoms. The quantitative estimate of drug-likeness (QED) is 0.0266. The van der Waals surface area contributed by atoms with Gasteiger partial charge in [-0.15, -0.1) is 0 Å². The molecule has 0 aromatic heterocycles. The SMILES string of the molecule is CC/C=C\C/C=C\C/C=C\CCCCCCC(=O)OCC(COC(=O)CCCCCCCCCCCCC)OC(=O)CCCCCCCCCCCCCC. The predicted molar refractivity (Wildman–Crippen MR) is 233 cm³/mol. The highest BCUT2D eigenvalue weighted by Gasteiger charge is 2.19. The van der Waals surface area contributed by atoms with E-state index in [1.54, 1.807) is 0 Å². The summed E-state index contributed by atoms with van der Waals surface area (Å²) in [6.07, 6.45) is 49.8. The fourth-order valence-corrected chi connectivity index (χ4v) is 6.63. The molecule has 0 N–H and O–H groups in total. The Morgan fingerprint density at radius 1 is 0.382 bits per heavy atom.